The van der Waals surface area contributed by atoms with Crippen molar-refractivity contribution in [3.05, 3.63) is 71.3 Å². The van der Waals surface area contributed by atoms with Crippen molar-refractivity contribution in [3.63, 3.8) is 0 Å². The van der Waals surface area contributed by atoms with E-state index < -0.39 is 0 Å². The highest BCUT2D eigenvalue weighted by atomic mass is 16.3. The molecule has 2 heteroatoms. The van der Waals surface area contributed by atoms with Crippen LogP contribution in [-0.2, 0) is 12.0 Å². The largest absolute Gasteiger partial charge is 0.395 e. The molecule has 2 fully saturated rings. The van der Waals surface area contributed by atoms with Crippen LogP contribution in [-0.4, -0.2) is 29.7 Å². The molecule has 0 bridgehead atoms. The van der Waals surface area contributed by atoms with Crippen LogP contribution in [0.2, 0.25) is 0 Å². The number of aliphatic hydroxyl groups is 1. The molecule has 1 saturated heterocycles. The Morgan fingerprint density at radius 2 is 1.71 bits per heavy atom. The van der Waals surface area contributed by atoms with Crippen LogP contribution in [0.4, 0.5) is 0 Å². The van der Waals surface area contributed by atoms with Gasteiger partial charge in [-0.1, -0.05) is 68.4 Å². The fourth-order valence-corrected chi connectivity index (χ4v) is 4.34. The van der Waals surface area contributed by atoms with Gasteiger partial charge in [0, 0.05) is 25.0 Å². The quantitative estimate of drug-likeness (QED) is 0.905. The number of rotatable bonds is 5. The third-order valence-electron chi connectivity index (χ3n) is 5.97. The molecular formula is C22H27NO. The van der Waals surface area contributed by atoms with Gasteiger partial charge in [0.25, 0.3) is 0 Å². The molecule has 1 saturated carbocycles. The van der Waals surface area contributed by atoms with E-state index in [-0.39, 0.29) is 12.0 Å². The average Bonchev–Trinajstić information content (AvgIpc) is 3.11. The van der Waals surface area contributed by atoms with Crippen LogP contribution in [0.25, 0.3) is 0 Å². The van der Waals surface area contributed by atoms with Gasteiger partial charge in [-0.25, -0.2) is 0 Å². The molecule has 2 aliphatic rings. The second-order valence-corrected chi connectivity index (χ2v) is 8.20. The average molecular weight is 321 g/mol. The van der Waals surface area contributed by atoms with Crippen molar-refractivity contribution >= 4 is 0 Å². The highest BCUT2D eigenvalue weighted by Gasteiger charge is 2.55. The van der Waals surface area contributed by atoms with E-state index in [1.54, 1.807) is 0 Å². The van der Waals surface area contributed by atoms with E-state index in [1.807, 2.05) is 0 Å². The van der Waals surface area contributed by atoms with Crippen LogP contribution in [0, 0.1) is 11.8 Å². The predicted molar refractivity (Wildman–Crippen MR) is 98.0 cm³/mol. The summed E-state index contributed by atoms with van der Waals surface area (Å²) in [7, 11) is 0. The van der Waals surface area contributed by atoms with Crippen LogP contribution < -0.4 is 0 Å². The molecule has 126 valence electrons. The third kappa shape index (κ3) is 2.89. The van der Waals surface area contributed by atoms with Gasteiger partial charge in [-0.2, -0.15) is 0 Å². The molecule has 1 aliphatic carbocycles. The summed E-state index contributed by atoms with van der Waals surface area (Å²) in [6.07, 6.45) is 0. The minimum absolute atomic E-state index is 0.153. The Labute approximate surface area is 145 Å². The molecular weight excluding hydrogens is 294 g/mol. The predicted octanol–water partition coefficient (Wildman–Crippen LogP) is 3.80. The Balaban J connectivity index is 1.41. The van der Waals surface area contributed by atoms with E-state index in [2.05, 4.69) is 73.3 Å². The molecule has 0 amide bonds. The second kappa shape index (κ2) is 6.02. The first-order chi connectivity index (χ1) is 11.6. The van der Waals surface area contributed by atoms with Gasteiger partial charge < -0.3 is 5.11 Å². The summed E-state index contributed by atoms with van der Waals surface area (Å²) in [5, 5.41) is 9.62. The van der Waals surface area contributed by atoms with Crippen molar-refractivity contribution in [2.75, 3.05) is 19.7 Å². The van der Waals surface area contributed by atoms with Crippen molar-refractivity contribution < 1.29 is 5.11 Å². The van der Waals surface area contributed by atoms with Gasteiger partial charge in [0.2, 0.25) is 0 Å². The van der Waals surface area contributed by atoms with Gasteiger partial charge >= 0.3 is 0 Å². The molecule has 2 unspecified atom stereocenters. The maximum Gasteiger partial charge on any atom is 0.0522 e. The van der Waals surface area contributed by atoms with Crippen molar-refractivity contribution in [3.8, 4) is 0 Å². The molecule has 2 aromatic rings. The minimum Gasteiger partial charge on any atom is -0.395 e. The summed E-state index contributed by atoms with van der Waals surface area (Å²) in [6.45, 7) is 7.94. The van der Waals surface area contributed by atoms with Crippen molar-refractivity contribution in [1.82, 2.24) is 4.90 Å². The standard InChI is InChI=1S/C22H27NO/c1-22(2,15-24)18-10-6-9-17(11-18)21-19-13-23(14-20(19)21)12-16-7-4-3-5-8-16/h3-11,19-21,24H,12-15H2,1-2H3. The van der Waals surface area contributed by atoms with Gasteiger partial charge in [-0.05, 0) is 34.4 Å². The Bertz CT molecular complexity index is 697. The lowest BCUT2D eigenvalue weighted by molar-refractivity contribution is 0.218. The van der Waals surface area contributed by atoms with Gasteiger partial charge in [-0.15, -0.1) is 0 Å². The number of nitrogens with zero attached hydrogens (tertiary/aromatic N) is 1. The van der Waals surface area contributed by atoms with E-state index in [0.717, 1.165) is 24.3 Å². The summed E-state index contributed by atoms with van der Waals surface area (Å²) in [5.41, 5.74) is 4.00. The normalized spacial score (nSPS) is 26.4. The first-order valence-electron chi connectivity index (χ1n) is 9.06. The topological polar surface area (TPSA) is 23.5 Å². The number of fused-ring (bicyclic) bond motifs is 1. The molecule has 2 nitrogen and oxygen atoms in total. The molecule has 0 radical (unpaired) electrons. The molecule has 24 heavy (non-hydrogen) atoms. The SMILES string of the molecule is CC(C)(CO)c1cccc(C2C3CN(Cc4ccccc4)CC32)c1. The van der Waals surface area contributed by atoms with Crippen LogP contribution in [0.5, 0.6) is 0 Å². The van der Waals surface area contributed by atoms with E-state index in [1.165, 1.54) is 29.8 Å². The van der Waals surface area contributed by atoms with Crippen LogP contribution in [0.3, 0.4) is 0 Å². The molecule has 4 rings (SSSR count). The Morgan fingerprint density at radius 1 is 1.00 bits per heavy atom. The molecule has 2 atom stereocenters. The van der Waals surface area contributed by atoms with Crippen molar-refractivity contribution in [2.45, 2.75) is 31.7 Å². The first kappa shape index (κ1) is 15.9. The number of likely N-dealkylation sites (tertiary alicyclic amines) is 1. The van der Waals surface area contributed by atoms with E-state index in [9.17, 15) is 5.11 Å². The molecule has 1 aliphatic heterocycles. The molecule has 1 N–H and O–H groups in total. The van der Waals surface area contributed by atoms with Gasteiger partial charge in [0.05, 0.1) is 6.61 Å². The highest BCUT2D eigenvalue weighted by Crippen LogP contribution is 2.58. The van der Waals surface area contributed by atoms with Crippen molar-refractivity contribution in [1.29, 1.82) is 0 Å². The second-order valence-electron chi connectivity index (χ2n) is 8.20. The third-order valence-corrected chi connectivity index (χ3v) is 5.97. The zero-order valence-corrected chi connectivity index (χ0v) is 14.7. The van der Waals surface area contributed by atoms with E-state index in [4.69, 9.17) is 0 Å². The van der Waals surface area contributed by atoms with E-state index >= 15 is 0 Å². The van der Waals surface area contributed by atoms with Gasteiger partial charge in [0.15, 0.2) is 0 Å². The van der Waals surface area contributed by atoms with E-state index in [0.29, 0.717) is 0 Å². The maximum absolute atomic E-state index is 9.62. The zero-order chi connectivity index (χ0) is 16.7. The lowest BCUT2D eigenvalue weighted by atomic mass is 9.84. The Hall–Kier alpha value is -1.64. The fourth-order valence-electron chi connectivity index (χ4n) is 4.34. The highest BCUT2D eigenvalue weighted by molar-refractivity contribution is 5.36. The van der Waals surface area contributed by atoms with Crippen LogP contribution >= 0.6 is 0 Å². The minimum atomic E-state index is -0.153. The number of aliphatic hydroxyl groups excluding tert-OH is 1. The number of hydrogen-bond acceptors (Lipinski definition) is 2. The zero-order valence-electron chi connectivity index (χ0n) is 14.7. The number of piperidine rings is 1. The molecule has 1 heterocycles. The van der Waals surface area contributed by atoms with Crippen LogP contribution in [0.1, 0.15) is 36.5 Å². The smallest absolute Gasteiger partial charge is 0.0522 e. The van der Waals surface area contributed by atoms with Crippen molar-refractivity contribution in [2.24, 2.45) is 11.8 Å². The summed E-state index contributed by atoms with van der Waals surface area (Å²) in [4.78, 5) is 2.60. The number of hydrogen-bond donors (Lipinski definition) is 1. The fraction of sp³-hybridized carbons (Fsp3) is 0.455. The monoisotopic (exact) mass is 321 g/mol. The van der Waals surface area contributed by atoms with Crippen LogP contribution in [0.15, 0.2) is 54.6 Å². The lowest BCUT2D eigenvalue weighted by Gasteiger charge is -2.24. The Morgan fingerprint density at radius 3 is 2.38 bits per heavy atom. The Kier molecular flexibility index (Phi) is 3.98. The molecule has 2 aromatic carbocycles. The lowest BCUT2D eigenvalue weighted by Crippen LogP contribution is -2.24. The molecule has 0 spiro atoms. The first-order valence-corrected chi connectivity index (χ1v) is 9.06. The van der Waals surface area contributed by atoms with Gasteiger partial charge in [0.1, 0.15) is 0 Å². The summed E-state index contributed by atoms with van der Waals surface area (Å²) >= 11 is 0. The summed E-state index contributed by atoms with van der Waals surface area (Å²) in [6, 6.07) is 19.7. The maximum atomic E-state index is 9.62. The summed E-state index contributed by atoms with van der Waals surface area (Å²) in [5.74, 6) is 2.37. The summed E-state index contributed by atoms with van der Waals surface area (Å²) < 4.78 is 0. The molecule has 0 aromatic heterocycles. The van der Waals surface area contributed by atoms with Gasteiger partial charge in [-0.3, -0.25) is 4.90 Å². The number of benzene rings is 2.